The van der Waals surface area contributed by atoms with E-state index >= 15 is 0 Å². The number of nitrogen functional groups attached to an aromatic ring is 1. The second-order valence-corrected chi connectivity index (χ2v) is 6.16. The summed E-state index contributed by atoms with van der Waals surface area (Å²) in [5, 5.41) is 0. The van der Waals surface area contributed by atoms with Crippen molar-refractivity contribution in [3.05, 3.63) is 38.6 Å². The van der Waals surface area contributed by atoms with Gasteiger partial charge < -0.3 is 5.73 Å². The van der Waals surface area contributed by atoms with E-state index in [1.54, 1.807) is 11.3 Å². The van der Waals surface area contributed by atoms with Crippen LogP contribution in [0.3, 0.4) is 0 Å². The van der Waals surface area contributed by atoms with Gasteiger partial charge in [-0.3, -0.25) is 0 Å². The molecular weight excluding hydrogens is 326 g/mol. The molecule has 4 heteroatoms. The summed E-state index contributed by atoms with van der Waals surface area (Å²) >= 11 is 8.52. The number of halogens is 2. The molecule has 0 aliphatic rings. The Morgan fingerprint density at radius 3 is 2.43 bits per heavy atom. The second kappa shape index (κ2) is 4.04. The van der Waals surface area contributed by atoms with Gasteiger partial charge in [0.1, 0.15) is 0 Å². The number of benzene rings is 1. The molecule has 2 N–H and O–H groups in total. The summed E-state index contributed by atoms with van der Waals surface area (Å²) in [5.74, 6) is 0. The van der Waals surface area contributed by atoms with Gasteiger partial charge in [0.2, 0.25) is 0 Å². The standard InChI is InChI=1S/C10H7Br2NS/c11-7-2-1-6(5-8(7)13)9-3-4-10(12)14-9/h1-5H,13H2. The van der Waals surface area contributed by atoms with Gasteiger partial charge in [0.25, 0.3) is 0 Å². The summed E-state index contributed by atoms with van der Waals surface area (Å²) in [6, 6.07) is 10.1. The van der Waals surface area contributed by atoms with E-state index in [1.165, 1.54) is 4.88 Å². The first-order valence-corrected chi connectivity index (χ1v) is 6.38. The molecule has 1 nitrogen and oxygen atoms in total. The quantitative estimate of drug-likeness (QED) is 0.763. The van der Waals surface area contributed by atoms with E-state index in [0.29, 0.717) is 0 Å². The molecular formula is C10H7Br2NS. The fourth-order valence-electron chi connectivity index (χ4n) is 1.17. The number of rotatable bonds is 1. The predicted molar refractivity (Wildman–Crippen MR) is 69.6 cm³/mol. The van der Waals surface area contributed by atoms with Crippen LogP contribution in [0, 0.1) is 0 Å². The molecule has 0 aliphatic heterocycles. The minimum Gasteiger partial charge on any atom is -0.398 e. The Kier molecular flexibility index (Phi) is 2.95. The number of hydrogen-bond acceptors (Lipinski definition) is 2. The van der Waals surface area contributed by atoms with Crippen molar-refractivity contribution in [2.24, 2.45) is 0 Å². The van der Waals surface area contributed by atoms with E-state index in [0.717, 1.165) is 19.5 Å². The van der Waals surface area contributed by atoms with Crippen LogP contribution in [0.4, 0.5) is 5.69 Å². The maximum absolute atomic E-state index is 5.81. The van der Waals surface area contributed by atoms with Crippen LogP contribution < -0.4 is 5.73 Å². The van der Waals surface area contributed by atoms with E-state index in [9.17, 15) is 0 Å². The average molecular weight is 333 g/mol. The van der Waals surface area contributed by atoms with Crippen molar-refractivity contribution in [3.8, 4) is 10.4 Å². The molecule has 0 bridgehead atoms. The molecule has 14 heavy (non-hydrogen) atoms. The van der Waals surface area contributed by atoms with Gasteiger partial charge in [-0.2, -0.15) is 0 Å². The van der Waals surface area contributed by atoms with Crippen molar-refractivity contribution >= 4 is 48.9 Å². The molecule has 0 radical (unpaired) electrons. The smallest absolute Gasteiger partial charge is 0.0705 e. The summed E-state index contributed by atoms with van der Waals surface area (Å²) in [6.45, 7) is 0. The monoisotopic (exact) mass is 331 g/mol. The van der Waals surface area contributed by atoms with Gasteiger partial charge in [-0.05, 0) is 61.7 Å². The minimum atomic E-state index is 0.770. The van der Waals surface area contributed by atoms with Crippen molar-refractivity contribution in [1.82, 2.24) is 0 Å². The van der Waals surface area contributed by atoms with Crippen molar-refractivity contribution in [2.75, 3.05) is 5.73 Å². The summed E-state index contributed by atoms with van der Waals surface area (Å²) in [7, 11) is 0. The van der Waals surface area contributed by atoms with Gasteiger partial charge in [-0.1, -0.05) is 6.07 Å². The minimum absolute atomic E-state index is 0.770. The first-order valence-electron chi connectivity index (χ1n) is 3.97. The average Bonchev–Trinajstić information content (AvgIpc) is 2.57. The molecule has 0 saturated carbocycles. The summed E-state index contributed by atoms with van der Waals surface area (Å²) < 4.78 is 2.07. The first-order chi connectivity index (χ1) is 6.66. The Morgan fingerprint density at radius 2 is 1.86 bits per heavy atom. The molecule has 0 atom stereocenters. The highest BCUT2D eigenvalue weighted by atomic mass is 79.9. The van der Waals surface area contributed by atoms with E-state index in [-0.39, 0.29) is 0 Å². The summed E-state index contributed by atoms with van der Waals surface area (Å²) in [6.07, 6.45) is 0. The zero-order valence-electron chi connectivity index (χ0n) is 7.13. The summed E-state index contributed by atoms with van der Waals surface area (Å²) in [4.78, 5) is 1.22. The number of anilines is 1. The van der Waals surface area contributed by atoms with Crippen LogP contribution in [-0.2, 0) is 0 Å². The Balaban J connectivity index is 2.47. The Hall–Kier alpha value is -0.320. The molecule has 1 aromatic heterocycles. The van der Waals surface area contributed by atoms with Gasteiger partial charge in [-0.25, -0.2) is 0 Å². The zero-order chi connectivity index (χ0) is 10.1. The lowest BCUT2D eigenvalue weighted by Crippen LogP contribution is -1.86. The first kappa shape index (κ1) is 10.2. The molecule has 0 unspecified atom stereocenters. The molecule has 72 valence electrons. The van der Waals surface area contributed by atoms with Crippen LogP contribution in [0.25, 0.3) is 10.4 Å². The Labute approximate surface area is 103 Å². The van der Waals surface area contributed by atoms with E-state index in [4.69, 9.17) is 5.73 Å². The van der Waals surface area contributed by atoms with Crippen LogP contribution in [0.15, 0.2) is 38.6 Å². The van der Waals surface area contributed by atoms with Gasteiger partial charge in [-0.15, -0.1) is 11.3 Å². The molecule has 2 rings (SSSR count). The zero-order valence-corrected chi connectivity index (χ0v) is 11.1. The maximum atomic E-state index is 5.81. The number of thiophene rings is 1. The maximum Gasteiger partial charge on any atom is 0.0705 e. The topological polar surface area (TPSA) is 26.0 Å². The van der Waals surface area contributed by atoms with Gasteiger partial charge in [0, 0.05) is 15.0 Å². The normalized spacial score (nSPS) is 10.4. The number of hydrogen-bond donors (Lipinski definition) is 1. The Bertz CT molecular complexity index is 465. The summed E-state index contributed by atoms with van der Waals surface area (Å²) in [5.41, 5.74) is 7.74. The van der Waals surface area contributed by atoms with Crippen molar-refractivity contribution < 1.29 is 0 Å². The lowest BCUT2D eigenvalue weighted by molar-refractivity contribution is 1.63. The van der Waals surface area contributed by atoms with Gasteiger partial charge >= 0.3 is 0 Å². The molecule has 0 fully saturated rings. The van der Waals surface area contributed by atoms with Crippen molar-refractivity contribution in [2.45, 2.75) is 0 Å². The Morgan fingerprint density at radius 1 is 1.07 bits per heavy atom. The van der Waals surface area contributed by atoms with E-state index in [1.807, 2.05) is 18.2 Å². The van der Waals surface area contributed by atoms with E-state index < -0.39 is 0 Å². The molecule has 0 spiro atoms. The van der Waals surface area contributed by atoms with Crippen LogP contribution in [0.2, 0.25) is 0 Å². The van der Waals surface area contributed by atoms with Crippen LogP contribution >= 0.6 is 43.2 Å². The number of nitrogens with two attached hydrogens (primary N) is 1. The third-order valence-electron chi connectivity index (χ3n) is 1.85. The molecule has 2 aromatic rings. The lowest BCUT2D eigenvalue weighted by Gasteiger charge is -2.01. The fourth-order valence-corrected chi connectivity index (χ4v) is 2.80. The van der Waals surface area contributed by atoms with Crippen LogP contribution in [0.1, 0.15) is 0 Å². The lowest BCUT2D eigenvalue weighted by atomic mass is 10.2. The van der Waals surface area contributed by atoms with Gasteiger partial charge in [0.15, 0.2) is 0 Å². The SMILES string of the molecule is Nc1cc(-c2ccc(Br)s2)ccc1Br. The molecule has 0 amide bonds. The third kappa shape index (κ3) is 2.02. The predicted octanol–water partition coefficient (Wildman–Crippen LogP) is 4.52. The highest BCUT2D eigenvalue weighted by Gasteiger charge is 2.03. The molecule has 0 aliphatic carbocycles. The van der Waals surface area contributed by atoms with Crippen LogP contribution in [-0.4, -0.2) is 0 Å². The van der Waals surface area contributed by atoms with Gasteiger partial charge in [0.05, 0.1) is 3.79 Å². The van der Waals surface area contributed by atoms with Crippen LogP contribution in [0.5, 0.6) is 0 Å². The second-order valence-electron chi connectivity index (χ2n) is 2.84. The highest BCUT2D eigenvalue weighted by Crippen LogP contribution is 2.33. The fraction of sp³-hybridized carbons (Fsp3) is 0. The molecule has 1 aromatic carbocycles. The highest BCUT2D eigenvalue weighted by molar-refractivity contribution is 9.11. The van der Waals surface area contributed by atoms with Crippen molar-refractivity contribution in [1.29, 1.82) is 0 Å². The van der Waals surface area contributed by atoms with Crippen molar-refractivity contribution in [3.63, 3.8) is 0 Å². The molecule has 0 saturated heterocycles. The largest absolute Gasteiger partial charge is 0.398 e. The molecule has 1 heterocycles. The van der Waals surface area contributed by atoms with E-state index in [2.05, 4.69) is 44.0 Å². The third-order valence-corrected chi connectivity index (χ3v) is 4.25.